The van der Waals surface area contributed by atoms with Crippen LogP contribution in [0, 0.1) is 0 Å². The van der Waals surface area contributed by atoms with Crippen molar-refractivity contribution in [2.45, 2.75) is 6.17 Å². The highest BCUT2D eigenvalue weighted by atomic mass is 19.1. The van der Waals surface area contributed by atoms with Crippen molar-refractivity contribution in [1.82, 2.24) is 4.98 Å². The number of hydrogen-bond donors (Lipinski definition) is 1. The molecule has 2 rings (SSSR count). The molecule has 56 valence electrons. The summed E-state index contributed by atoms with van der Waals surface area (Å²) < 4.78 is 12.8. The first-order valence-electron chi connectivity index (χ1n) is 3.19. The Morgan fingerprint density at radius 1 is 1.64 bits per heavy atom. The van der Waals surface area contributed by atoms with E-state index in [1.807, 2.05) is 0 Å². The number of carbonyl (C=O) groups excluding carboxylic acids is 1. The van der Waals surface area contributed by atoms with Crippen LogP contribution in [0.15, 0.2) is 18.3 Å². The number of alkyl halides is 1. The summed E-state index contributed by atoms with van der Waals surface area (Å²) >= 11 is 0. The van der Waals surface area contributed by atoms with Gasteiger partial charge in [0.25, 0.3) is 5.91 Å². The minimum absolute atomic E-state index is 0.192. The molecule has 1 atom stereocenters. The van der Waals surface area contributed by atoms with Gasteiger partial charge >= 0.3 is 0 Å². The number of halogens is 1. The number of carbonyl (C=O) groups is 1. The number of nitrogens with zero attached hydrogens (tertiary/aromatic N) is 1. The molecule has 1 aromatic heterocycles. The maximum Gasteiger partial charge on any atom is 0.265 e. The number of amides is 1. The minimum atomic E-state index is -1.59. The van der Waals surface area contributed by atoms with E-state index < -0.39 is 12.1 Å². The van der Waals surface area contributed by atoms with Gasteiger partial charge in [-0.1, -0.05) is 0 Å². The van der Waals surface area contributed by atoms with Gasteiger partial charge in [0.1, 0.15) is 5.69 Å². The highest BCUT2D eigenvalue weighted by molar-refractivity contribution is 6.00. The quantitative estimate of drug-likeness (QED) is 0.603. The Balaban J connectivity index is 2.55. The molecule has 3 nitrogen and oxygen atoms in total. The highest BCUT2D eigenvalue weighted by Gasteiger charge is 2.31. The molecule has 1 N–H and O–H groups in total. The number of nitrogens with one attached hydrogen (secondary N) is 1. The van der Waals surface area contributed by atoms with Crippen LogP contribution in [-0.4, -0.2) is 10.9 Å². The molecule has 0 aromatic carbocycles. The van der Waals surface area contributed by atoms with E-state index in [1.165, 1.54) is 6.20 Å². The Morgan fingerprint density at radius 3 is 3.18 bits per heavy atom. The maximum atomic E-state index is 12.8. The van der Waals surface area contributed by atoms with Gasteiger partial charge in [-0.15, -0.1) is 0 Å². The van der Waals surface area contributed by atoms with Gasteiger partial charge in [-0.2, -0.15) is 0 Å². The average Bonchev–Trinajstić information content (AvgIpc) is 2.30. The Kier molecular flexibility index (Phi) is 1.15. The summed E-state index contributed by atoms with van der Waals surface area (Å²) in [5.74, 6) is -0.626. The zero-order valence-corrected chi connectivity index (χ0v) is 5.54. The van der Waals surface area contributed by atoms with Crippen LogP contribution in [0.5, 0.6) is 0 Å². The third-order valence-electron chi connectivity index (χ3n) is 1.57. The standard InChI is InChI=1S/C7H5FN2O/c8-5-6-4(10-7(5)11)2-1-3-9-6/h1-3,5H,(H,10,11)/t5-/m0/s1. The lowest BCUT2D eigenvalue weighted by Crippen LogP contribution is -2.07. The van der Waals surface area contributed by atoms with Gasteiger partial charge in [0.15, 0.2) is 0 Å². The Bertz CT molecular complexity index is 313. The third-order valence-corrected chi connectivity index (χ3v) is 1.57. The Labute approximate surface area is 62.3 Å². The molecule has 1 amide bonds. The minimum Gasteiger partial charge on any atom is -0.321 e. The van der Waals surface area contributed by atoms with E-state index >= 15 is 0 Å². The van der Waals surface area contributed by atoms with Crippen LogP contribution in [0.3, 0.4) is 0 Å². The van der Waals surface area contributed by atoms with Crippen molar-refractivity contribution in [3.63, 3.8) is 0 Å². The van der Waals surface area contributed by atoms with E-state index in [0.29, 0.717) is 5.69 Å². The van der Waals surface area contributed by atoms with Crippen LogP contribution in [0.1, 0.15) is 11.9 Å². The molecule has 2 heterocycles. The van der Waals surface area contributed by atoms with E-state index in [4.69, 9.17) is 0 Å². The number of hydrogen-bond acceptors (Lipinski definition) is 2. The summed E-state index contributed by atoms with van der Waals surface area (Å²) in [6.07, 6.45) is -0.128. The lowest BCUT2D eigenvalue weighted by molar-refractivity contribution is -0.120. The SMILES string of the molecule is O=C1Nc2cccnc2[C@@H]1F. The second-order valence-corrected chi connectivity index (χ2v) is 2.29. The van der Waals surface area contributed by atoms with Gasteiger partial charge in [-0.3, -0.25) is 9.78 Å². The van der Waals surface area contributed by atoms with Crippen LogP contribution in [0.2, 0.25) is 0 Å². The number of rotatable bonds is 0. The molecule has 0 fully saturated rings. The number of fused-ring (bicyclic) bond motifs is 1. The summed E-state index contributed by atoms with van der Waals surface area (Å²) in [5.41, 5.74) is 0.669. The lowest BCUT2D eigenvalue weighted by atomic mass is 10.3. The number of pyridine rings is 1. The van der Waals surface area contributed by atoms with Crippen molar-refractivity contribution < 1.29 is 9.18 Å². The van der Waals surface area contributed by atoms with Gasteiger partial charge in [-0.25, -0.2) is 4.39 Å². The van der Waals surface area contributed by atoms with Crippen molar-refractivity contribution >= 4 is 11.6 Å². The molecular formula is C7H5FN2O. The third kappa shape index (κ3) is 0.790. The smallest absolute Gasteiger partial charge is 0.265 e. The van der Waals surface area contributed by atoms with E-state index in [-0.39, 0.29) is 5.69 Å². The first-order chi connectivity index (χ1) is 5.29. The molecule has 0 unspecified atom stereocenters. The van der Waals surface area contributed by atoms with Crippen LogP contribution < -0.4 is 5.32 Å². The molecule has 4 heteroatoms. The van der Waals surface area contributed by atoms with Crippen molar-refractivity contribution in [1.29, 1.82) is 0 Å². The summed E-state index contributed by atoms with van der Waals surface area (Å²) in [5, 5.41) is 2.37. The van der Waals surface area contributed by atoms with Gasteiger partial charge in [0.2, 0.25) is 6.17 Å². The van der Waals surface area contributed by atoms with Crippen LogP contribution in [0.4, 0.5) is 10.1 Å². The van der Waals surface area contributed by atoms with Crippen LogP contribution in [-0.2, 0) is 4.79 Å². The molecule has 0 aliphatic carbocycles. The first kappa shape index (κ1) is 6.27. The molecule has 0 bridgehead atoms. The molecule has 0 saturated heterocycles. The fourth-order valence-electron chi connectivity index (χ4n) is 1.05. The van der Waals surface area contributed by atoms with Gasteiger partial charge < -0.3 is 5.32 Å². The molecule has 1 aliphatic rings. The number of aromatic nitrogens is 1. The van der Waals surface area contributed by atoms with E-state index in [2.05, 4.69) is 10.3 Å². The summed E-state index contributed by atoms with van der Waals surface area (Å²) in [4.78, 5) is 14.4. The summed E-state index contributed by atoms with van der Waals surface area (Å²) in [6, 6.07) is 3.27. The van der Waals surface area contributed by atoms with Crippen molar-refractivity contribution in [2.75, 3.05) is 5.32 Å². The van der Waals surface area contributed by atoms with Crippen LogP contribution in [0.25, 0.3) is 0 Å². The van der Waals surface area contributed by atoms with Crippen molar-refractivity contribution in [2.24, 2.45) is 0 Å². The van der Waals surface area contributed by atoms with Gasteiger partial charge in [0.05, 0.1) is 5.69 Å². The zero-order valence-electron chi connectivity index (χ0n) is 5.54. The maximum absolute atomic E-state index is 12.8. The van der Waals surface area contributed by atoms with Crippen molar-refractivity contribution in [3.8, 4) is 0 Å². The largest absolute Gasteiger partial charge is 0.321 e. The van der Waals surface area contributed by atoms with Gasteiger partial charge in [0, 0.05) is 6.20 Å². The Morgan fingerprint density at radius 2 is 2.45 bits per heavy atom. The highest BCUT2D eigenvalue weighted by Crippen LogP contribution is 2.30. The predicted octanol–water partition coefficient (Wildman–Crippen LogP) is 1.04. The fraction of sp³-hybridized carbons (Fsp3) is 0.143. The topological polar surface area (TPSA) is 42.0 Å². The molecular weight excluding hydrogens is 147 g/mol. The monoisotopic (exact) mass is 152 g/mol. The normalized spacial score (nSPS) is 21.2. The van der Waals surface area contributed by atoms with E-state index in [9.17, 15) is 9.18 Å². The molecule has 1 aromatic rings. The molecule has 0 spiro atoms. The van der Waals surface area contributed by atoms with Gasteiger partial charge in [-0.05, 0) is 12.1 Å². The Hall–Kier alpha value is -1.45. The van der Waals surface area contributed by atoms with Crippen molar-refractivity contribution in [3.05, 3.63) is 24.0 Å². The average molecular weight is 152 g/mol. The summed E-state index contributed by atoms with van der Waals surface area (Å²) in [6.45, 7) is 0. The molecule has 0 saturated carbocycles. The van der Waals surface area contributed by atoms with E-state index in [1.54, 1.807) is 12.1 Å². The first-order valence-corrected chi connectivity index (χ1v) is 3.19. The second-order valence-electron chi connectivity index (χ2n) is 2.29. The molecule has 0 radical (unpaired) electrons. The summed E-state index contributed by atoms with van der Waals surface area (Å²) in [7, 11) is 0. The van der Waals surface area contributed by atoms with E-state index in [0.717, 1.165) is 0 Å². The zero-order chi connectivity index (χ0) is 7.84. The fourth-order valence-corrected chi connectivity index (χ4v) is 1.05. The van der Waals surface area contributed by atoms with Crippen LogP contribution >= 0.6 is 0 Å². The number of anilines is 1. The molecule has 11 heavy (non-hydrogen) atoms. The second kappa shape index (κ2) is 2.02. The lowest BCUT2D eigenvalue weighted by Gasteiger charge is -1.93. The molecule has 1 aliphatic heterocycles. The predicted molar refractivity (Wildman–Crippen MR) is 36.7 cm³/mol.